The van der Waals surface area contributed by atoms with Crippen LogP contribution in [0.3, 0.4) is 0 Å². The summed E-state index contributed by atoms with van der Waals surface area (Å²) < 4.78 is 24.3. The largest absolute Gasteiger partial charge is 0.488 e. The first-order chi connectivity index (χ1) is 20.7. The third-order valence-electron chi connectivity index (χ3n) is 7.74. The molecule has 0 radical (unpaired) electrons. The molecule has 4 atom stereocenters. The number of azide groups is 1. The van der Waals surface area contributed by atoms with Crippen molar-refractivity contribution in [1.82, 2.24) is 5.32 Å². The van der Waals surface area contributed by atoms with Crippen LogP contribution in [-0.4, -0.2) is 43.3 Å². The number of alkyl carbamates (subject to hydrolysis) is 1. The molecule has 0 spiro atoms. The molecule has 1 amide bonds. The van der Waals surface area contributed by atoms with Crippen molar-refractivity contribution in [1.29, 1.82) is 0 Å². The van der Waals surface area contributed by atoms with Crippen LogP contribution in [0.25, 0.3) is 21.6 Å². The molecule has 0 bridgehead atoms. The predicted molar refractivity (Wildman–Crippen MR) is 165 cm³/mol. The molecule has 3 aromatic carbocycles. The summed E-state index contributed by atoms with van der Waals surface area (Å²) in [5, 5.41) is 6.84. The fourth-order valence-electron chi connectivity index (χ4n) is 5.86. The zero-order chi connectivity index (χ0) is 30.4. The van der Waals surface area contributed by atoms with Gasteiger partial charge in [-0.15, -0.1) is 0 Å². The first-order valence-corrected chi connectivity index (χ1v) is 14.9. The molecule has 226 valence electrons. The van der Waals surface area contributed by atoms with Gasteiger partial charge in [0.25, 0.3) is 0 Å². The summed E-state index contributed by atoms with van der Waals surface area (Å²) in [6, 6.07) is 23.2. The highest BCUT2D eigenvalue weighted by Crippen LogP contribution is 2.44. The van der Waals surface area contributed by atoms with E-state index in [0.29, 0.717) is 12.2 Å². The van der Waals surface area contributed by atoms with Gasteiger partial charge in [-0.1, -0.05) is 65.8 Å². The Morgan fingerprint density at radius 3 is 2.28 bits per heavy atom. The molecule has 1 aliphatic carbocycles. The molecular weight excluding hydrogens is 544 g/mol. The van der Waals surface area contributed by atoms with Crippen molar-refractivity contribution in [3.05, 3.63) is 99.9 Å². The monoisotopic (exact) mass is 584 g/mol. The lowest BCUT2D eigenvalue weighted by Crippen LogP contribution is -2.43. The van der Waals surface area contributed by atoms with Crippen LogP contribution >= 0.6 is 0 Å². The maximum absolute atomic E-state index is 13.4. The number of nitrogens with zero attached hydrogens (tertiary/aromatic N) is 3. The quantitative estimate of drug-likeness (QED) is 0.147. The molecule has 3 unspecified atom stereocenters. The van der Waals surface area contributed by atoms with Crippen LogP contribution in [0.15, 0.2) is 77.9 Å². The smallest absolute Gasteiger partial charge is 0.407 e. The van der Waals surface area contributed by atoms with Crippen LogP contribution in [0, 0.1) is 0 Å². The molecule has 0 saturated carbocycles. The van der Waals surface area contributed by atoms with Crippen LogP contribution in [-0.2, 0) is 14.2 Å². The van der Waals surface area contributed by atoms with Gasteiger partial charge in [0, 0.05) is 10.8 Å². The highest BCUT2D eigenvalue weighted by molar-refractivity contribution is 5.79. The number of carbonyl (C=O) groups is 1. The van der Waals surface area contributed by atoms with E-state index in [2.05, 4.69) is 39.6 Å². The van der Waals surface area contributed by atoms with Gasteiger partial charge in [0.2, 0.25) is 0 Å². The van der Waals surface area contributed by atoms with Crippen molar-refractivity contribution < 1.29 is 23.7 Å². The van der Waals surface area contributed by atoms with Gasteiger partial charge >= 0.3 is 6.09 Å². The molecule has 2 aliphatic rings. The lowest BCUT2D eigenvalue weighted by molar-refractivity contribution is -0.213. The van der Waals surface area contributed by atoms with E-state index < -0.39 is 24.5 Å². The van der Waals surface area contributed by atoms with Crippen molar-refractivity contribution >= 4 is 6.09 Å². The van der Waals surface area contributed by atoms with Gasteiger partial charge in [-0.05, 0) is 92.4 Å². The van der Waals surface area contributed by atoms with E-state index in [-0.39, 0.29) is 30.8 Å². The normalized spacial score (nSPS) is 19.3. The number of benzene rings is 3. The molecule has 3 aromatic rings. The van der Waals surface area contributed by atoms with Crippen molar-refractivity contribution in [2.75, 3.05) is 13.2 Å². The molecule has 1 N–H and O–H groups in total. The van der Waals surface area contributed by atoms with Crippen LogP contribution in [0.1, 0.15) is 75.6 Å². The van der Waals surface area contributed by atoms with Gasteiger partial charge in [-0.3, -0.25) is 0 Å². The second-order valence-electron chi connectivity index (χ2n) is 12.1. The predicted octanol–water partition coefficient (Wildman–Crippen LogP) is 8.05. The molecule has 0 aromatic heterocycles. The first-order valence-electron chi connectivity index (χ1n) is 14.9. The van der Waals surface area contributed by atoms with Gasteiger partial charge in [-0.25, -0.2) is 4.79 Å². The zero-order valence-corrected chi connectivity index (χ0v) is 25.2. The highest BCUT2D eigenvalue weighted by atomic mass is 16.7. The van der Waals surface area contributed by atoms with Crippen molar-refractivity contribution in [2.24, 2.45) is 5.11 Å². The molecule has 1 saturated heterocycles. The van der Waals surface area contributed by atoms with E-state index in [9.17, 15) is 4.79 Å². The Kier molecular flexibility index (Phi) is 9.56. The molecule has 1 heterocycles. The maximum Gasteiger partial charge on any atom is 0.407 e. The third kappa shape index (κ3) is 7.68. The average Bonchev–Trinajstić information content (AvgIpc) is 3.30. The first kappa shape index (κ1) is 30.4. The Morgan fingerprint density at radius 1 is 1.02 bits per heavy atom. The van der Waals surface area contributed by atoms with Gasteiger partial charge in [-0.2, -0.15) is 0 Å². The van der Waals surface area contributed by atoms with Crippen molar-refractivity contribution in [3.63, 3.8) is 0 Å². The summed E-state index contributed by atoms with van der Waals surface area (Å²) in [5.74, 6) is 0.630. The Hall–Kier alpha value is -4.04. The topological polar surface area (TPSA) is 115 Å². The summed E-state index contributed by atoms with van der Waals surface area (Å²) in [6.45, 7) is 8.14. The Bertz CT molecular complexity index is 1400. The number of hydrogen-bond donors (Lipinski definition) is 1. The number of amides is 1. The fourth-order valence-corrected chi connectivity index (χ4v) is 5.86. The molecule has 43 heavy (non-hydrogen) atoms. The van der Waals surface area contributed by atoms with E-state index >= 15 is 0 Å². The van der Waals surface area contributed by atoms with Crippen molar-refractivity contribution in [3.8, 4) is 16.9 Å². The summed E-state index contributed by atoms with van der Waals surface area (Å²) in [5.41, 5.74) is 14.1. The number of carbonyl (C=O) groups excluding carboxylic acids is 1. The number of nitrogens with one attached hydrogen (secondary N) is 1. The zero-order valence-electron chi connectivity index (χ0n) is 25.2. The maximum atomic E-state index is 13.4. The third-order valence-corrected chi connectivity index (χ3v) is 7.74. The number of fused-ring (bicyclic) bond motifs is 3. The van der Waals surface area contributed by atoms with Gasteiger partial charge in [0.05, 0.1) is 24.8 Å². The summed E-state index contributed by atoms with van der Waals surface area (Å²) >= 11 is 0. The van der Waals surface area contributed by atoms with Crippen molar-refractivity contribution in [2.45, 2.75) is 83.0 Å². The molecule has 9 heteroatoms. The lowest BCUT2D eigenvalue weighted by Gasteiger charge is -2.34. The van der Waals surface area contributed by atoms with E-state index in [4.69, 9.17) is 24.5 Å². The summed E-state index contributed by atoms with van der Waals surface area (Å²) in [6.07, 6.45) is 0.934. The lowest BCUT2D eigenvalue weighted by atomic mass is 9.98. The molecule has 5 rings (SSSR count). The summed E-state index contributed by atoms with van der Waals surface area (Å²) in [4.78, 5) is 16.4. The second-order valence-corrected chi connectivity index (χ2v) is 12.1. The Labute approximate surface area is 253 Å². The number of ether oxygens (including phenoxy) is 4. The number of hydrogen-bond acceptors (Lipinski definition) is 6. The van der Waals surface area contributed by atoms with E-state index in [1.54, 1.807) is 0 Å². The van der Waals surface area contributed by atoms with Gasteiger partial charge in [0.15, 0.2) is 6.29 Å². The summed E-state index contributed by atoms with van der Waals surface area (Å²) in [7, 11) is 0. The minimum atomic E-state index is -0.693. The van der Waals surface area contributed by atoms with Crippen LogP contribution in [0.2, 0.25) is 0 Å². The Morgan fingerprint density at radius 2 is 1.67 bits per heavy atom. The molecule has 1 aliphatic heterocycles. The molecular formula is C34H40N4O5. The van der Waals surface area contributed by atoms with Crippen LogP contribution < -0.4 is 10.1 Å². The minimum Gasteiger partial charge on any atom is -0.488 e. The van der Waals surface area contributed by atoms with Crippen LogP contribution in [0.4, 0.5) is 4.79 Å². The van der Waals surface area contributed by atoms with E-state index in [1.807, 2.05) is 76.2 Å². The minimum absolute atomic E-state index is 0.000689. The van der Waals surface area contributed by atoms with Gasteiger partial charge < -0.3 is 24.3 Å². The molecule has 9 nitrogen and oxygen atoms in total. The number of rotatable bonds is 10. The SMILES string of the molecule is CC1CCCC(OC(CN=[N+]=[N-])[C@@H](NC(=O)OCC2c3ccccc3-c3ccccc32)c2ccc(OC(C)(C)C)cc2)O1. The molecule has 1 fully saturated rings. The van der Waals surface area contributed by atoms with Gasteiger partial charge in [0.1, 0.15) is 18.0 Å². The fraction of sp³-hybridized carbons (Fsp3) is 0.441. The highest BCUT2D eigenvalue weighted by Gasteiger charge is 2.33. The van der Waals surface area contributed by atoms with Crippen LogP contribution in [0.5, 0.6) is 5.75 Å². The van der Waals surface area contributed by atoms with E-state index in [0.717, 1.165) is 40.7 Å². The average molecular weight is 585 g/mol. The Balaban J connectivity index is 1.37. The standard InChI is InChI=1S/C34H40N4O5/c1-22-10-9-15-31(41-22)42-30(20-36-38-35)32(23-16-18-24(19-17-23)43-34(2,3)4)37-33(39)40-21-29-27-13-7-5-11-25(27)26-12-6-8-14-28(26)29/h5-8,11-14,16-19,22,29-32H,9-10,15,20-21H2,1-4H3,(H,37,39)/t22?,30?,31?,32-/m0/s1. The van der Waals surface area contributed by atoms with E-state index in [1.165, 1.54) is 0 Å². The second kappa shape index (κ2) is 13.5.